The van der Waals surface area contributed by atoms with Crippen LogP contribution < -0.4 is 0 Å². The van der Waals surface area contributed by atoms with E-state index >= 15 is 0 Å². The molecule has 0 aromatic rings. The summed E-state index contributed by atoms with van der Waals surface area (Å²) in [6.07, 6.45) is 30.1. The second-order valence-corrected chi connectivity index (χ2v) is 12.6. The molecule has 0 spiro atoms. The summed E-state index contributed by atoms with van der Waals surface area (Å²) >= 11 is 0. The van der Waals surface area contributed by atoms with E-state index in [-0.39, 0.29) is 31.8 Å². The summed E-state index contributed by atoms with van der Waals surface area (Å²) in [5.41, 5.74) is 0. The summed E-state index contributed by atoms with van der Waals surface area (Å²) in [4.78, 5) is 24.1. The Kier molecular flexibility index (Phi) is 32.8. The molecule has 0 rings (SSSR count). The second kappa shape index (κ2) is 33.7. The number of aliphatic hydroxyl groups is 3. The van der Waals surface area contributed by atoms with Crippen LogP contribution >= 0.6 is 0 Å². The summed E-state index contributed by atoms with van der Waals surface area (Å²) in [6, 6.07) is 0. The molecule has 0 saturated heterocycles. The number of carbonyl (C=O) groups excluding carboxylic acids is 2. The van der Waals surface area contributed by atoms with Gasteiger partial charge >= 0.3 is 11.9 Å². The van der Waals surface area contributed by atoms with Gasteiger partial charge in [-0.3, -0.25) is 9.59 Å². The van der Waals surface area contributed by atoms with Gasteiger partial charge in [-0.05, 0) is 19.3 Å². The van der Waals surface area contributed by atoms with E-state index < -0.39 is 12.2 Å². The Bertz CT molecular complexity index is 598. The molecular weight excluding hydrogens is 544 g/mol. The number of rotatable bonds is 34. The molecule has 0 aliphatic rings. The monoisotopic (exact) mass is 615 g/mol. The highest BCUT2D eigenvalue weighted by Crippen LogP contribution is 2.15. The highest BCUT2D eigenvalue weighted by atomic mass is 16.6. The standard InChI is InChI=1S/C36H70O7/c1-2-3-4-5-6-7-8-13-16-19-22-25-28-35(40)42-32-34(31-38)43-36(41)29-26-23-20-17-14-11-9-10-12-15-18-21-24-27-33(39)30-37/h33-34,37-39H,2-32H2,1H3. The first kappa shape index (κ1) is 41.8. The van der Waals surface area contributed by atoms with Crippen molar-refractivity contribution in [1.82, 2.24) is 0 Å². The van der Waals surface area contributed by atoms with E-state index in [2.05, 4.69) is 6.92 Å². The minimum Gasteiger partial charge on any atom is -0.462 e. The van der Waals surface area contributed by atoms with Gasteiger partial charge in [0.15, 0.2) is 6.10 Å². The lowest BCUT2D eigenvalue weighted by Crippen LogP contribution is -2.28. The maximum absolute atomic E-state index is 12.1. The van der Waals surface area contributed by atoms with Gasteiger partial charge < -0.3 is 24.8 Å². The molecule has 0 fully saturated rings. The van der Waals surface area contributed by atoms with Crippen LogP contribution in [0.4, 0.5) is 0 Å². The molecule has 0 amide bonds. The molecule has 256 valence electrons. The summed E-state index contributed by atoms with van der Waals surface area (Å²) in [6.45, 7) is 1.71. The molecule has 0 saturated carbocycles. The van der Waals surface area contributed by atoms with Crippen LogP contribution in [0.2, 0.25) is 0 Å². The lowest BCUT2D eigenvalue weighted by Gasteiger charge is -2.15. The molecule has 0 aromatic heterocycles. The van der Waals surface area contributed by atoms with Crippen molar-refractivity contribution in [2.24, 2.45) is 0 Å². The Morgan fingerprint density at radius 1 is 0.512 bits per heavy atom. The third-order valence-corrected chi connectivity index (χ3v) is 8.30. The van der Waals surface area contributed by atoms with E-state index in [1.807, 2.05) is 0 Å². The molecule has 0 aliphatic heterocycles. The van der Waals surface area contributed by atoms with E-state index in [1.54, 1.807) is 0 Å². The number of hydrogen-bond donors (Lipinski definition) is 3. The van der Waals surface area contributed by atoms with Gasteiger partial charge in [0.05, 0.1) is 19.3 Å². The quantitative estimate of drug-likeness (QED) is 0.0490. The van der Waals surface area contributed by atoms with Crippen LogP contribution in [0.1, 0.15) is 187 Å². The topological polar surface area (TPSA) is 113 Å². The first-order valence-electron chi connectivity index (χ1n) is 18.3. The summed E-state index contributed by atoms with van der Waals surface area (Å²) in [5, 5.41) is 27.6. The summed E-state index contributed by atoms with van der Waals surface area (Å²) < 4.78 is 10.6. The molecule has 0 aliphatic carbocycles. The van der Waals surface area contributed by atoms with Crippen molar-refractivity contribution < 1.29 is 34.4 Å². The van der Waals surface area contributed by atoms with Crippen molar-refractivity contribution in [3.05, 3.63) is 0 Å². The highest BCUT2D eigenvalue weighted by molar-refractivity contribution is 5.70. The molecule has 7 nitrogen and oxygen atoms in total. The Morgan fingerprint density at radius 3 is 1.28 bits per heavy atom. The molecule has 43 heavy (non-hydrogen) atoms. The van der Waals surface area contributed by atoms with E-state index in [9.17, 15) is 19.8 Å². The first-order chi connectivity index (χ1) is 21.0. The normalized spacial score (nSPS) is 12.7. The maximum Gasteiger partial charge on any atom is 0.306 e. The van der Waals surface area contributed by atoms with Gasteiger partial charge in [0.25, 0.3) is 0 Å². The smallest absolute Gasteiger partial charge is 0.306 e. The highest BCUT2D eigenvalue weighted by Gasteiger charge is 2.16. The first-order valence-corrected chi connectivity index (χ1v) is 18.3. The van der Waals surface area contributed by atoms with Gasteiger partial charge in [-0.25, -0.2) is 0 Å². The molecule has 7 heteroatoms. The Balaban J connectivity index is 3.51. The van der Waals surface area contributed by atoms with Gasteiger partial charge in [0.2, 0.25) is 0 Å². The largest absolute Gasteiger partial charge is 0.462 e. The summed E-state index contributed by atoms with van der Waals surface area (Å²) in [5.74, 6) is -0.617. The van der Waals surface area contributed by atoms with E-state index in [4.69, 9.17) is 14.6 Å². The van der Waals surface area contributed by atoms with Crippen LogP contribution in [0.3, 0.4) is 0 Å². The molecular formula is C36H70O7. The third-order valence-electron chi connectivity index (χ3n) is 8.30. The zero-order valence-electron chi connectivity index (χ0n) is 28.0. The molecule has 3 N–H and O–H groups in total. The predicted molar refractivity (Wildman–Crippen MR) is 176 cm³/mol. The Morgan fingerprint density at radius 2 is 0.884 bits per heavy atom. The number of ether oxygens (including phenoxy) is 2. The fourth-order valence-corrected chi connectivity index (χ4v) is 5.42. The zero-order valence-corrected chi connectivity index (χ0v) is 28.0. The number of unbranched alkanes of at least 4 members (excludes halogenated alkanes) is 23. The summed E-state index contributed by atoms with van der Waals surface area (Å²) in [7, 11) is 0. The molecule has 0 heterocycles. The van der Waals surface area contributed by atoms with Crippen LogP contribution in [0.15, 0.2) is 0 Å². The van der Waals surface area contributed by atoms with Crippen molar-refractivity contribution >= 4 is 11.9 Å². The lowest BCUT2D eigenvalue weighted by molar-refractivity contribution is -0.161. The van der Waals surface area contributed by atoms with Crippen molar-refractivity contribution in [3.8, 4) is 0 Å². The van der Waals surface area contributed by atoms with Crippen molar-refractivity contribution in [2.45, 2.75) is 199 Å². The average molecular weight is 615 g/mol. The fourth-order valence-electron chi connectivity index (χ4n) is 5.42. The number of carbonyl (C=O) groups is 2. The maximum atomic E-state index is 12.1. The SMILES string of the molecule is CCCCCCCCCCCCCCC(=O)OCC(CO)OC(=O)CCCCCCCCCCCCCCCC(O)CO. The van der Waals surface area contributed by atoms with Gasteiger partial charge in [0.1, 0.15) is 6.61 Å². The molecule has 0 bridgehead atoms. The van der Waals surface area contributed by atoms with Crippen LogP contribution in [0.5, 0.6) is 0 Å². The molecule has 0 radical (unpaired) electrons. The average Bonchev–Trinajstić information content (AvgIpc) is 3.01. The van der Waals surface area contributed by atoms with Crippen molar-refractivity contribution in [1.29, 1.82) is 0 Å². The third kappa shape index (κ3) is 32.0. The van der Waals surface area contributed by atoms with Crippen LogP contribution in [-0.4, -0.2) is 59.3 Å². The zero-order chi connectivity index (χ0) is 31.6. The van der Waals surface area contributed by atoms with Gasteiger partial charge in [0, 0.05) is 12.8 Å². The van der Waals surface area contributed by atoms with E-state index in [0.717, 1.165) is 51.4 Å². The molecule has 2 atom stereocenters. The molecule has 0 aromatic carbocycles. The van der Waals surface area contributed by atoms with Gasteiger partial charge in [-0.15, -0.1) is 0 Å². The van der Waals surface area contributed by atoms with E-state index in [0.29, 0.717) is 19.3 Å². The fraction of sp³-hybridized carbons (Fsp3) is 0.944. The minimum absolute atomic E-state index is 0.0753. The van der Waals surface area contributed by atoms with Gasteiger partial charge in [-0.2, -0.15) is 0 Å². The van der Waals surface area contributed by atoms with Gasteiger partial charge in [-0.1, -0.05) is 155 Å². The number of aliphatic hydroxyl groups excluding tert-OH is 3. The number of hydrogen-bond acceptors (Lipinski definition) is 7. The lowest BCUT2D eigenvalue weighted by atomic mass is 10.0. The van der Waals surface area contributed by atoms with Crippen LogP contribution in [0, 0.1) is 0 Å². The Hall–Kier alpha value is -1.18. The van der Waals surface area contributed by atoms with E-state index in [1.165, 1.54) is 109 Å². The van der Waals surface area contributed by atoms with Crippen molar-refractivity contribution in [3.63, 3.8) is 0 Å². The van der Waals surface area contributed by atoms with Crippen LogP contribution in [-0.2, 0) is 19.1 Å². The molecule has 2 unspecified atom stereocenters. The minimum atomic E-state index is -0.780. The Labute approximate surface area is 264 Å². The second-order valence-electron chi connectivity index (χ2n) is 12.6. The number of esters is 2. The predicted octanol–water partition coefficient (Wildman–Crippen LogP) is 8.73. The van der Waals surface area contributed by atoms with Crippen LogP contribution in [0.25, 0.3) is 0 Å². The van der Waals surface area contributed by atoms with Crippen molar-refractivity contribution in [2.75, 3.05) is 19.8 Å².